The second kappa shape index (κ2) is 4.83. The van der Waals surface area contributed by atoms with Crippen molar-refractivity contribution in [3.05, 3.63) is 12.1 Å². The van der Waals surface area contributed by atoms with Gasteiger partial charge in [-0.1, -0.05) is 12.8 Å². The summed E-state index contributed by atoms with van der Waals surface area (Å²) in [4.78, 5) is 7.38. The zero-order valence-corrected chi connectivity index (χ0v) is 12.1. The van der Waals surface area contributed by atoms with Crippen molar-refractivity contribution >= 4 is 11.5 Å². The molecule has 4 heteroatoms. The van der Waals surface area contributed by atoms with E-state index in [1.165, 1.54) is 44.2 Å². The molecule has 4 nitrogen and oxygen atoms in total. The van der Waals surface area contributed by atoms with Crippen molar-refractivity contribution in [1.82, 2.24) is 4.98 Å². The largest absolute Gasteiger partial charge is 0.481 e. The number of anilines is 2. The number of methoxy groups -OCH3 is 1. The van der Waals surface area contributed by atoms with Crippen LogP contribution >= 0.6 is 0 Å². The smallest absolute Gasteiger partial charge is 0.215 e. The Morgan fingerprint density at radius 1 is 1.20 bits per heavy atom. The predicted octanol–water partition coefficient (Wildman–Crippen LogP) is 3.04. The Bertz CT molecular complexity index is 504. The van der Waals surface area contributed by atoms with E-state index in [0.29, 0.717) is 12.1 Å². The maximum atomic E-state index is 5.33. The van der Waals surface area contributed by atoms with Crippen LogP contribution in [0.25, 0.3) is 0 Å². The molecule has 1 N–H and O–H groups in total. The zero-order valence-electron chi connectivity index (χ0n) is 12.1. The minimum Gasteiger partial charge on any atom is -0.481 e. The summed E-state index contributed by atoms with van der Waals surface area (Å²) < 4.78 is 5.33. The number of aromatic nitrogens is 1. The predicted molar refractivity (Wildman–Crippen MR) is 80.5 cm³/mol. The van der Waals surface area contributed by atoms with E-state index in [1.807, 2.05) is 6.07 Å². The summed E-state index contributed by atoms with van der Waals surface area (Å²) in [5.74, 6) is 2.72. The molecule has 1 aromatic rings. The molecular weight excluding hydrogens is 250 g/mol. The first kappa shape index (κ1) is 12.3. The van der Waals surface area contributed by atoms with Gasteiger partial charge >= 0.3 is 0 Å². The van der Waals surface area contributed by atoms with Crippen LogP contribution in [0.15, 0.2) is 12.1 Å². The van der Waals surface area contributed by atoms with Crippen molar-refractivity contribution in [1.29, 1.82) is 0 Å². The number of hydrogen-bond donors (Lipinski definition) is 1. The third kappa shape index (κ3) is 1.85. The zero-order chi connectivity index (χ0) is 13.5. The Hall–Kier alpha value is -1.45. The van der Waals surface area contributed by atoms with Gasteiger partial charge in [-0.15, -0.1) is 0 Å². The quantitative estimate of drug-likeness (QED) is 0.853. The van der Waals surface area contributed by atoms with E-state index in [2.05, 4.69) is 16.3 Å². The van der Waals surface area contributed by atoms with E-state index in [0.717, 1.165) is 24.2 Å². The van der Waals surface area contributed by atoms with Gasteiger partial charge in [0.2, 0.25) is 5.88 Å². The lowest BCUT2D eigenvalue weighted by molar-refractivity contribution is 0.214. The molecule has 1 aromatic heterocycles. The Balaban J connectivity index is 1.74. The van der Waals surface area contributed by atoms with Gasteiger partial charge < -0.3 is 15.0 Å². The topological polar surface area (TPSA) is 37.4 Å². The van der Waals surface area contributed by atoms with Crippen molar-refractivity contribution in [3.63, 3.8) is 0 Å². The number of pyridine rings is 1. The highest BCUT2D eigenvalue weighted by atomic mass is 16.5. The van der Waals surface area contributed by atoms with E-state index in [4.69, 9.17) is 9.72 Å². The lowest BCUT2D eigenvalue weighted by atomic mass is 9.76. The Morgan fingerprint density at radius 3 is 3.00 bits per heavy atom. The molecular formula is C16H23N3O. The van der Waals surface area contributed by atoms with E-state index in [1.54, 1.807) is 7.11 Å². The molecule has 0 spiro atoms. The molecule has 3 heterocycles. The van der Waals surface area contributed by atoms with Gasteiger partial charge in [0, 0.05) is 24.7 Å². The summed E-state index contributed by atoms with van der Waals surface area (Å²) in [5, 5.41) is 3.55. The highest BCUT2D eigenvalue weighted by molar-refractivity contribution is 5.70. The SMILES string of the molecule is COc1ccc2c(n1)N1C(CCC3CCCCC31)CN2. The molecule has 1 saturated heterocycles. The maximum absolute atomic E-state index is 5.33. The lowest BCUT2D eigenvalue weighted by Crippen LogP contribution is -2.57. The molecule has 2 aliphatic heterocycles. The van der Waals surface area contributed by atoms with Crippen molar-refractivity contribution in [2.24, 2.45) is 5.92 Å². The monoisotopic (exact) mass is 273 g/mol. The first-order valence-electron chi connectivity index (χ1n) is 7.94. The first-order valence-corrected chi connectivity index (χ1v) is 7.94. The van der Waals surface area contributed by atoms with Crippen LogP contribution in [0.3, 0.4) is 0 Å². The highest BCUT2D eigenvalue weighted by Crippen LogP contribution is 2.44. The van der Waals surface area contributed by atoms with E-state index < -0.39 is 0 Å². The number of piperidine rings is 1. The van der Waals surface area contributed by atoms with E-state index in [9.17, 15) is 0 Å². The number of fused-ring (bicyclic) bond motifs is 5. The number of nitrogens with one attached hydrogen (secondary N) is 1. The van der Waals surface area contributed by atoms with Gasteiger partial charge in [0.1, 0.15) is 0 Å². The maximum Gasteiger partial charge on any atom is 0.215 e. The number of nitrogens with zero attached hydrogens (tertiary/aromatic N) is 2. The molecule has 4 rings (SSSR count). The molecule has 3 aliphatic rings. The first-order chi connectivity index (χ1) is 9.86. The average Bonchev–Trinajstić information content (AvgIpc) is 2.53. The standard InChI is InChI=1S/C16H23N3O/c1-20-15-9-8-13-16(18-15)19-12(10-17-13)7-6-11-4-2-3-5-14(11)19/h8-9,11-12,14,17H,2-7,10H2,1H3. The average molecular weight is 273 g/mol. The number of hydrogen-bond acceptors (Lipinski definition) is 4. The molecule has 20 heavy (non-hydrogen) atoms. The van der Waals surface area contributed by atoms with Gasteiger partial charge in [0.25, 0.3) is 0 Å². The van der Waals surface area contributed by atoms with Crippen molar-refractivity contribution in [2.75, 3.05) is 23.9 Å². The van der Waals surface area contributed by atoms with Crippen molar-refractivity contribution in [2.45, 2.75) is 50.6 Å². The van der Waals surface area contributed by atoms with Crippen LogP contribution in [0.5, 0.6) is 5.88 Å². The molecule has 3 atom stereocenters. The van der Waals surface area contributed by atoms with Gasteiger partial charge in [0.05, 0.1) is 12.8 Å². The van der Waals surface area contributed by atoms with Crippen LogP contribution < -0.4 is 15.0 Å². The molecule has 0 amide bonds. The molecule has 0 bridgehead atoms. The number of ether oxygens (including phenoxy) is 1. The highest BCUT2D eigenvalue weighted by Gasteiger charge is 2.41. The molecule has 2 fully saturated rings. The molecule has 3 unspecified atom stereocenters. The van der Waals surface area contributed by atoms with Gasteiger partial charge in [-0.25, -0.2) is 0 Å². The Labute approximate surface area is 120 Å². The van der Waals surface area contributed by atoms with Crippen LogP contribution in [0.1, 0.15) is 38.5 Å². The minimum atomic E-state index is 0.612. The number of rotatable bonds is 1. The van der Waals surface area contributed by atoms with Crippen LogP contribution in [-0.4, -0.2) is 30.7 Å². The van der Waals surface area contributed by atoms with Crippen LogP contribution in [0.2, 0.25) is 0 Å². The summed E-state index contributed by atoms with van der Waals surface area (Å²) in [5.41, 5.74) is 1.17. The second-order valence-electron chi connectivity index (χ2n) is 6.36. The van der Waals surface area contributed by atoms with Gasteiger partial charge in [-0.3, -0.25) is 0 Å². The fourth-order valence-corrected chi connectivity index (χ4v) is 4.35. The van der Waals surface area contributed by atoms with Crippen molar-refractivity contribution in [3.8, 4) is 5.88 Å². The fraction of sp³-hybridized carbons (Fsp3) is 0.688. The summed E-state index contributed by atoms with van der Waals surface area (Å²) in [6, 6.07) is 5.38. The van der Waals surface area contributed by atoms with E-state index in [-0.39, 0.29) is 0 Å². The fourth-order valence-electron chi connectivity index (χ4n) is 4.35. The molecule has 0 radical (unpaired) electrons. The third-order valence-corrected chi connectivity index (χ3v) is 5.32. The van der Waals surface area contributed by atoms with Gasteiger partial charge in [0.15, 0.2) is 5.82 Å². The van der Waals surface area contributed by atoms with Gasteiger partial charge in [-0.05, 0) is 37.7 Å². The normalized spacial score (nSPS) is 31.6. The van der Waals surface area contributed by atoms with Crippen LogP contribution in [0, 0.1) is 5.92 Å². The molecule has 0 aromatic carbocycles. The van der Waals surface area contributed by atoms with E-state index >= 15 is 0 Å². The Kier molecular flexibility index (Phi) is 2.97. The molecule has 1 aliphatic carbocycles. The van der Waals surface area contributed by atoms with Gasteiger partial charge in [-0.2, -0.15) is 4.98 Å². The van der Waals surface area contributed by atoms with Crippen LogP contribution in [0.4, 0.5) is 11.5 Å². The lowest BCUT2D eigenvalue weighted by Gasteiger charge is -2.51. The summed E-state index contributed by atoms with van der Waals surface area (Å²) in [6.07, 6.45) is 8.22. The van der Waals surface area contributed by atoms with Crippen LogP contribution in [-0.2, 0) is 0 Å². The third-order valence-electron chi connectivity index (χ3n) is 5.32. The summed E-state index contributed by atoms with van der Waals surface area (Å²) >= 11 is 0. The molecule has 108 valence electrons. The second-order valence-corrected chi connectivity index (χ2v) is 6.36. The summed E-state index contributed by atoms with van der Waals surface area (Å²) in [6.45, 7) is 1.06. The minimum absolute atomic E-state index is 0.612. The van der Waals surface area contributed by atoms with Crippen molar-refractivity contribution < 1.29 is 4.74 Å². The molecule has 1 saturated carbocycles. The summed E-state index contributed by atoms with van der Waals surface area (Å²) in [7, 11) is 1.70. The Morgan fingerprint density at radius 2 is 2.10 bits per heavy atom.